The summed E-state index contributed by atoms with van der Waals surface area (Å²) in [6, 6.07) is 0.291. The van der Waals surface area contributed by atoms with E-state index in [9.17, 15) is 4.79 Å². The van der Waals surface area contributed by atoms with Crippen molar-refractivity contribution in [2.24, 2.45) is 17.6 Å². The minimum Gasteiger partial charge on any atom is -0.466 e. The highest BCUT2D eigenvalue weighted by Gasteiger charge is 2.24. The van der Waals surface area contributed by atoms with Crippen LogP contribution in [0.4, 0.5) is 0 Å². The second-order valence-corrected chi connectivity index (χ2v) is 5.15. The quantitative estimate of drug-likeness (QED) is 0.737. The number of carbonyl (C=O) groups excluding carboxylic acids is 1. The Morgan fingerprint density at radius 1 is 1.41 bits per heavy atom. The highest BCUT2D eigenvalue weighted by atomic mass is 16.5. The Labute approximate surface area is 104 Å². The van der Waals surface area contributed by atoms with E-state index in [1.165, 1.54) is 0 Å². The fraction of sp³-hybridized carbons (Fsp3) is 0.923. The number of esters is 1. The second-order valence-electron chi connectivity index (χ2n) is 5.15. The van der Waals surface area contributed by atoms with E-state index >= 15 is 0 Å². The lowest BCUT2D eigenvalue weighted by atomic mass is 9.90. The van der Waals surface area contributed by atoms with Gasteiger partial charge in [0, 0.05) is 12.6 Å². The Bertz CT molecular complexity index is 236. The van der Waals surface area contributed by atoms with Gasteiger partial charge in [0.25, 0.3) is 0 Å². The van der Waals surface area contributed by atoms with Crippen LogP contribution in [-0.4, -0.2) is 43.2 Å². The summed E-state index contributed by atoms with van der Waals surface area (Å²) in [6.45, 7) is 9.25. The maximum Gasteiger partial charge on any atom is 0.309 e. The van der Waals surface area contributed by atoms with Gasteiger partial charge in [-0.25, -0.2) is 0 Å². The van der Waals surface area contributed by atoms with Crippen LogP contribution in [-0.2, 0) is 9.53 Å². The SMILES string of the molecule is CCOC(=O)C(C)CN1CCC(C(C)N)CC1. The van der Waals surface area contributed by atoms with E-state index in [2.05, 4.69) is 11.8 Å². The van der Waals surface area contributed by atoms with E-state index in [0.717, 1.165) is 32.5 Å². The van der Waals surface area contributed by atoms with Gasteiger partial charge >= 0.3 is 5.97 Å². The third-order valence-corrected chi connectivity index (χ3v) is 3.60. The standard InChI is InChI=1S/C13H26N2O2/c1-4-17-13(16)10(2)9-15-7-5-12(6-8-15)11(3)14/h10-12H,4-9,14H2,1-3H3. The number of ether oxygens (including phenoxy) is 1. The van der Waals surface area contributed by atoms with E-state index in [-0.39, 0.29) is 11.9 Å². The molecule has 0 amide bonds. The molecule has 0 aromatic rings. The molecule has 4 heteroatoms. The minimum absolute atomic E-state index is 0.0261. The Kier molecular flexibility index (Phi) is 5.92. The van der Waals surface area contributed by atoms with Gasteiger partial charge in [0.15, 0.2) is 0 Å². The van der Waals surface area contributed by atoms with Gasteiger partial charge in [0.05, 0.1) is 12.5 Å². The van der Waals surface area contributed by atoms with Crippen molar-refractivity contribution in [2.75, 3.05) is 26.2 Å². The van der Waals surface area contributed by atoms with E-state index < -0.39 is 0 Å². The number of hydrogen-bond donors (Lipinski definition) is 1. The summed E-state index contributed by atoms with van der Waals surface area (Å²) in [4.78, 5) is 13.9. The van der Waals surface area contributed by atoms with Crippen LogP contribution < -0.4 is 5.73 Å². The molecule has 100 valence electrons. The highest BCUT2D eigenvalue weighted by Crippen LogP contribution is 2.20. The highest BCUT2D eigenvalue weighted by molar-refractivity contribution is 5.72. The van der Waals surface area contributed by atoms with E-state index in [1.807, 2.05) is 13.8 Å². The summed E-state index contributed by atoms with van der Waals surface area (Å²) < 4.78 is 5.02. The average Bonchev–Trinajstić information content (AvgIpc) is 2.30. The Morgan fingerprint density at radius 2 is 2.00 bits per heavy atom. The molecule has 1 saturated heterocycles. The Morgan fingerprint density at radius 3 is 2.47 bits per heavy atom. The molecule has 4 nitrogen and oxygen atoms in total. The minimum atomic E-state index is -0.0817. The van der Waals surface area contributed by atoms with Gasteiger partial charge in [-0.15, -0.1) is 0 Å². The molecule has 1 rings (SSSR count). The van der Waals surface area contributed by atoms with Crippen LogP contribution in [0.15, 0.2) is 0 Å². The number of rotatable bonds is 5. The maximum absolute atomic E-state index is 11.5. The summed E-state index contributed by atoms with van der Waals surface area (Å²) in [6.07, 6.45) is 2.29. The van der Waals surface area contributed by atoms with Gasteiger partial charge in [-0.05, 0) is 45.7 Å². The predicted molar refractivity (Wildman–Crippen MR) is 68.6 cm³/mol. The molecule has 1 fully saturated rings. The van der Waals surface area contributed by atoms with E-state index in [1.54, 1.807) is 0 Å². The summed E-state index contributed by atoms with van der Waals surface area (Å²) in [7, 11) is 0. The van der Waals surface area contributed by atoms with Crippen LogP contribution in [0.3, 0.4) is 0 Å². The molecule has 2 unspecified atom stereocenters. The van der Waals surface area contributed by atoms with Gasteiger partial charge in [0.1, 0.15) is 0 Å². The van der Waals surface area contributed by atoms with Gasteiger partial charge in [0.2, 0.25) is 0 Å². The first-order valence-electron chi connectivity index (χ1n) is 6.69. The molecule has 1 aliphatic heterocycles. The number of nitrogens with two attached hydrogens (primary N) is 1. The molecule has 0 bridgehead atoms. The van der Waals surface area contributed by atoms with Crippen molar-refractivity contribution < 1.29 is 9.53 Å². The number of piperidine rings is 1. The number of carbonyl (C=O) groups is 1. The van der Waals surface area contributed by atoms with Crippen molar-refractivity contribution in [3.8, 4) is 0 Å². The first-order chi connectivity index (χ1) is 8.04. The molecule has 0 aliphatic carbocycles. The van der Waals surface area contributed by atoms with Crippen molar-refractivity contribution in [3.63, 3.8) is 0 Å². The van der Waals surface area contributed by atoms with Crippen LogP contribution in [0, 0.1) is 11.8 Å². The topological polar surface area (TPSA) is 55.6 Å². The molecule has 0 saturated carbocycles. The van der Waals surface area contributed by atoms with Crippen LogP contribution >= 0.6 is 0 Å². The number of nitrogens with zero attached hydrogens (tertiary/aromatic N) is 1. The van der Waals surface area contributed by atoms with Crippen LogP contribution in [0.25, 0.3) is 0 Å². The lowest BCUT2D eigenvalue weighted by molar-refractivity contribution is -0.148. The van der Waals surface area contributed by atoms with Crippen molar-refractivity contribution in [2.45, 2.75) is 39.7 Å². The molecule has 0 radical (unpaired) electrons. The van der Waals surface area contributed by atoms with Gasteiger partial charge in [-0.3, -0.25) is 4.79 Å². The van der Waals surface area contributed by atoms with Crippen molar-refractivity contribution in [1.29, 1.82) is 0 Å². The number of likely N-dealkylation sites (tertiary alicyclic amines) is 1. The first-order valence-corrected chi connectivity index (χ1v) is 6.69. The fourth-order valence-corrected chi connectivity index (χ4v) is 2.41. The molecule has 0 spiro atoms. The Hall–Kier alpha value is -0.610. The zero-order valence-corrected chi connectivity index (χ0v) is 11.3. The zero-order valence-electron chi connectivity index (χ0n) is 11.3. The van der Waals surface area contributed by atoms with Crippen molar-refractivity contribution in [3.05, 3.63) is 0 Å². The van der Waals surface area contributed by atoms with Crippen LogP contribution in [0.5, 0.6) is 0 Å². The van der Waals surface area contributed by atoms with Crippen molar-refractivity contribution >= 4 is 5.97 Å². The zero-order chi connectivity index (χ0) is 12.8. The molecular formula is C13H26N2O2. The third-order valence-electron chi connectivity index (χ3n) is 3.60. The molecule has 0 aromatic heterocycles. The first kappa shape index (κ1) is 14.5. The normalized spacial score (nSPS) is 22.1. The largest absolute Gasteiger partial charge is 0.466 e. The summed E-state index contributed by atoms with van der Waals surface area (Å²) >= 11 is 0. The molecule has 1 aliphatic rings. The molecule has 2 atom stereocenters. The molecule has 0 aromatic carbocycles. The van der Waals surface area contributed by atoms with E-state index in [0.29, 0.717) is 18.6 Å². The smallest absolute Gasteiger partial charge is 0.309 e. The summed E-state index contributed by atoms with van der Waals surface area (Å²) in [5.74, 6) is 0.535. The predicted octanol–water partition coefficient (Wildman–Crippen LogP) is 1.24. The number of hydrogen-bond acceptors (Lipinski definition) is 4. The average molecular weight is 242 g/mol. The summed E-state index contributed by atoms with van der Waals surface area (Å²) in [5.41, 5.74) is 5.91. The second kappa shape index (κ2) is 6.97. The van der Waals surface area contributed by atoms with Gasteiger partial charge in [-0.1, -0.05) is 6.92 Å². The van der Waals surface area contributed by atoms with Crippen molar-refractivity contribution in [1.82, 2.24) is 4.90 Å². The van der Waals surface area contributed by atoms with Gasteiger partial charge in [-0.2, -0.15) is 0 Å². The molecule has 1 heterocycles. The Balaban J connectivity index is 2.28. The monoisotopic (exact) mass is 242 g/mol. The maximum atomic E-state index is 11.5. The van der Waals surface area contributed by atoms with Crippen LogP contribution in [0.2, 0.25) is 0 Å². The third kappa shape index (κ3) is 4.64. The molecule has 17 heavy (non-hydrogen) atoms. The van der Waals surface area contributed by atoms with Crippen LogP contribution in [0.1, 0.15) is 33.6 Å². The molecule has 2 N–H and O–H groups in total. The summed E-state index contributed by atoms with van der Waals surface area (Å²) in [5, 5.41) is 0. The lowest BCUT2D eigenvalue weighted by Gasteiger charge is -2.34. The fourth-order valence-electron chi connectivity index (χ4n) is 2.41. The van der Waals surface area contributed by atoms with E-state index in [4.69, 9.17) is 10.5 Å². The van der Waals surface area contributed by atoms with Gasteiger partial charge < -0.3 is 15.4 Å². The molecular weight excluding hydrogens is 216 g/mol. The lowest BCUT2D eigenvalue weighted by Crippen LogP contribution is -2.42.